The molecule has 0 saturated heterocycles. The number of nitrogens with zero attached hydrogens (tertiary/aromatic N) is 1. The average Bonchev–Trinajstić information content (AvgIpc) is 2.32. The van der Waals surface area contributed by atoms with Gasteiger partial charge in [0.1, 0.15) is 5.15 Å². The van der Waals surface area contributed by atoms with Gasteiger partial charge in [-0.15, -0.1) is 0 Å². The molecule has 0 atom stereocenters. The molecular weight excluding hydrogens is 328 g/mol. The van der Waals surface area contributed by atoms with Crippen molar-refractivity contribution in [3.05, 3.63) is 56.8 Å². The van der Waals surface area contributed by atoms with Crippen LogP contribution in [-0.4, -0.2) is 10.9 Å². The van der Waals surface area contributed by atoms with Crippen LogP contribution in [0.5, 0.6) is 0 Å². The van der Waals surface area contributed by atoms with E-state index in [1.54, 1.807) is 19.1 Å². The fourth-order valence-electron chi connectivity index (χ4n) is 1.63. The maximum atomic E-state index is 12.1. The molecule has 2 rings (SSSR count). The summed E-state index contributed by atoms with van der Waals surface area (Å²) in [5, 5.41) is 3.14. The number of pyridine rings is 1. The first-order chi connectivity index (χ1) is 8.95. The highest BCUT2D eigenvalue weighted by Crippen LogP contribution is 2.21. The standard InChI is InChI=1S/C14H12BrClN2O/c1-8-3-4-11(7-12(8)15)18-14(19)10-5-9(2)17-13(16)6-10/h3-7H,1-2H3,(H,18,19). The van der Waals surface area contributed by atoms with Gasteiger partial charge in [-0.3, -0.25) is 4.79 Å². The van der Waals surface area contributed by atoms with E-state index in [9.17, 15) is 4.79 Å². The van der Waals surface area contributed by atoms with Gasteiger partial charge in [0.2, 0.25) is 0 Å². The third-order valence-electron chi connectivity index (χ3n) is 2.61. The zero-order valence-electron chi connectivity index (χ0n) is 10.5. The number of hydrogen-bond donors (Lipinski definition) is 1. The van der Waals surface area contributed by atoms with E-state index >= 15 is 0 Å². The van der Waals surface area contributed by atoms with E-state index < -0.39 is 0 Å². The lowest BCUT2D eigenvalue weighted by atomic mass is 10.2. The predicted octanol–water partition coefficient (Wildman–Crippen LogP) is 4.37. The van der Waals surface area contributed by atoms with Gasteiger partial charge < -0.3 is 5.32 Å². The number of nitrogens with one attached hydrogen (secondary N) is 1. The molecule has 0 bridgehead atoms. The zero-order chi connectivity index (χ0) is 14.0. The first-order valence-electron chi connectivity index (χ1n) is 5.67. The van der Waals surface area contributed by atoms with Gasteiger partial charge >= 0.3 is 0 Å². The summed E-state index contributed by atoms with van der Waals surface area (Å²) < 4.78 is 0.953. The summed E-state index contributed by atoms with van der Waals surface area (Å²) in [6.45, 7) is 3.78. The average molecular weight is 340 g/mol. The first kappa shape index (κ1) is 14.0. The molecule has 98 valence electrons. The molecule has 0 aliphatic carbocycles. The number of aromatic nitrogens is 1. The van der Waals surface area contributed by atoms with E-state index in [4.69, 9.17) is 11.6 Å². The molecule has 3 nitrogen and oxygen atoms in total. The van der Waals surface area contributed by atoms with Gasteiger partial charge in [0.25, 0.3) is 5.91 Å². The van der Waals surface area contributed by atoms with E-state index in [2.05, 4.69) is 26.2 Å². The Labute approximate surface area is 125 Å². The smallest absolute Gasteiger partial charge is 0.255 e. The molecule has 0 fully saturated rings. The summed E-state index contributed by atoms with van der Waals surface area (Å²) in [6, 6.07) is 8.90. The number of aryl methyl sites for hydroxylation is 2. The second-order valence-corrected chi connectivity index (χ2v) is 5.48. The predicted molar refractivity (Wildman–Crippen MR) is 80.8 cm³/mol. The molecule has 0 unspecified atom stereocenters. The maximum absolute atomic E-state index is 12.1. The molecule has 0 radical (unpaired) electrons. The minimum atomic E-state index is -0.205. The first-order valence-corrected chi connectivity index (χ1v) is 6.84. The Hall–Kier alpha value is -1.39. The molecule has 1 aromatic carbocycles. The lowest BCUT2D eigenvalue weighted by molar-refractivity contribution is 0.102. The van der Waals surface area contributed by atoms with Crippen LogP contribution in [0, 0.1) is 13.8 Å². The second-order valence-electron chi connectivity index (χ2n) is 4.24. The Morgan fingerprint density at radius 2 is 2.00 bits per heavy atom. The number of rotatable bonds is 2. The SMILES string of the molecule is Cc1cc(C(=O)Nc2ccc(C)c(Br)c2)cc(Cl)n1. The highest BCUT2D eigenvalue weighted by atomic mass is 79.9. The number of hydrogen-bond acceptors (Lipinski definition) is 2. The van der Waals surface area contributed by atoms with Crippen molar-refractivity contribution in [2.75, 3.05) is 5.32 Å². The third-order valence-corrected chi connectivity index (χ3v) is 3.66. The number of carbonyl (C=O) groups excluding carboxylic acids is 1. The zero-order valence-corrected chi connectivity index (χ0v) is 12.8. The Balaban J connectivity index is 2.22. The van der Waals surface area contributed by atoms with Gasteiger partial charge in [0.05, 0.1) is 0 Å². The van der Waals surface area contributed by atoms with E-state index in [1.165, 1.54) is 0 Å². The molecule has 1 heterocycles. The van der Waals surface area contributed by atoms with Gasteiger partial charge in [-0.2, -0.15) is 0 Å². The van der Waals surface area contributed by atoms with Crippen molar-refractivity contribution in [3.63, 3.8) is 0 Å². The van der Waals surface area contributed by atoms with Crippen LogP contribution >= 0.6 is 27.5 Å². The van der Waals surface area contributed by atoms with Crippen LogP contribution in [0.25, 0.3) is 0 Å². The molecule has 0 aliphatic rings. The van der Waals surface area contributed by atoms with Crippen LogP contribution in [0.2, 0.25) is 5.15 Å². The van der Waals surface area contributed by atoms with Crippen molar-refractivity contribution >= 4 is 39.1 Å². The quantitative estimate of drug-likeness (QED) is 0.826. The summed E-state index contributed by atoms with van der Waals surface area (Å²) in [6.07, 6.45) is 0. The molecule has 0 saturated carbocycles. The minimum absolute atomic E-state index is 0.205. The monoisotopic (exact) mass is 338 g/mol. The van der Waals surface area contributed by atoms with Crippen LogP contribution in [0.15, 0.2) is 34.8 Å². The van der Waals surface area contributed by atoms with Gasteiger partial charge in [-0.05, 0) is 43.7 Å². The molecule has 5 heteroatoms. The highest BCUT2D eigenvalue weighted by molar-refractivity contribution is 9.10. The molecule has 19 heavy (non-hydrogen) atoms. The van der Waals surface area contributed by atoms with Crippen molar-refractivity contribution in [1.82, 2.24) is 4.98 Å². The van der Waals surface area contributed by atoms with Crippen molar-refractivity contribution in [1.29, 1.82) is 0 Å². The molecule has 1 N–H and O–H groups in total. The van der Waals surface area contributed by atoms with Crippen LogP contribution in [0.4, 0.5) is 5.69 Å². The number of halogens is 2. The fourth-order valence-corrected chi connectivity index (χ4v) is 2.26. The summed E-state index contributed by atoms with van der Waals surface area (Å²) in [5.41, 5.74) is 3.05. The molecule has 1 aromatic heterocycles. The van der Waals surface area contributed by atoms with Gasteiger partial charge in [0, 0.05) is 21.4 Å². The highest BCUT2D eigenvalue weighted by Gasteiger charge is 2.09. The molecular formula is C14H12BrClN2O. The van der Waals surface area contributed by atoms with Crippen LogP contribution in [0.3, 0.4) is 0 Å². The lowest BCUT2D eigenvalue weighted by Crippen LogP contribution is -2.12. The molecule has 0 spiro atoms. The van der Waals surface area contributed by atoms with E-state index in [1.807, 2.05) is 25.1 Å². The van der Waals surface area contributed by atoms with Crippen LogP contribution < -0.4 is 5.32 Å². The van der Waals surface area contributed by atoms with E-state index in [0.717, 1.165) is 15.7 Å². The van der Waals surface area contributed by atoms with Gasteiger partial charge in [0.15, 0.2) is 0 Å². The number of amides is 1. The maximum Gasteiger partial charge on any atom is 0.255 e. The largest absolute Gasteiger partial charge is 0.322 e. The summed E-state index contributed by atoms with van der Waals surface area (Å²) in [5.74, 6) is -0.205. The van der Waals surface area contributed by atoms with E-state index in [0.29, 0.717) is 16.4 Å². The normalized spacial score (nSPS) is 10.3. The summed E-state index contributed by atoms with van der Waals surface area (Å²) in [7, 11) is 0. The Bertz CT molecular complexity index is 623. The topological polar surface area (TPSA) is 42.0 Å². The molecule has 1 amide bonds. The Kier molecular flexibility index (Phi) is 4.22. The summed E-state index contributed by atoms with van der Waals surface area (Å²) >= 11 is 9.28. The van der Waals surface area contributed by atoms with Crippen LogP contribution in [-0.2, 0) is 0 Å². The second kappa shape index (κ2) is 5.72. The number of benzene rings is 1. The molecule has 0 aliphatic heterocycles. The van der Waals surface area contributed by atoms with Crippen molar-refractivity contribution in [2.24, 2.45) is 0 Å². The van der Waals surface area contributed by atoms with Gasteiger partial charge in [-0.25, -0.2) is 4.98 Å². The fraction of sp³-hybridized carbons (Fsp3) is 0.143. The molecule has 2 aromatic rings. The number of anilines is 1. The van der Waals surface area contributed by atoms with Crippen molar-refractivity contribution in [2.45, 2.75) is 13.8 Å². The van der Waals surface area contributed by atoms with Crippen LogP contribution in [0.1, 0.15) is 21.6 Å². The lowest BCUT2D eigenvalue weighted by Gasteiger charge is -2.07. The summed E-state index contributed by atoms with van der Waals surface area (Å²) in [4.78, 5) is 16.1. The minimum Gasteiger partial charge on any atom is -0.322 e. The number of carbonyl (C=O) groups is 1. The third kappa shape index (κ3) is 3.55. The van der Waals surface area contributed by atoms with Crippen molar-refractivity contribution < 1.29 is 4.79 Å². The van der Waals surface area contributed by atoms with Gasteiger partial charge in [-0.1, -0.05) is 33.6 Å². The Morgan fingerprint density at radius 3 is 2.63 bits per heavy atom. The van der Waals surface area contributed by atoms with E-state index in [-0.39, 0.29) is 5.91 Å². The Morgan fingerprint density at radius 1 is 1.26 bits per heavy atom. The van der Waals surface area contributed by atoms with Crippen molar-refractivity contribution in [3.8, 4) is 0 Å².